The summed E-state index contributed by atoms with van der Waals surface area (Å²) in [7, 11) is 0. The molecule has 1 amide bonds. The Kier molecular flexibility index (Phi) is 7.01. The number of hydrogen-bond donors (Lipinski definition) is 1. The summed E-state index contributed by atoms with van der Waals surface area (Å²) in [4.78, 5) is 15.3. The lowest BCUT2D eigenvalue weighted by atomic mass is 10.2. The Labute approximate surface area is 148 Å². The average Bonchev–Trinajstić information content (AvgIpc) is 2.60. The van der Waals surface area contributed by atoms with Crippen molar-refractivity contribution in [2.24, 2.45) is 0 Å². The van der Waals surface area contributed by atoms with Crippen molar-refractivity contribution in [3.05, 3.63) is 59.8 Å². The number of pyridine rings is 1. The van der Waals surface area contributed by atoms with E-state index in [0.717, 1.165) is 16.9 Å². The lowest BCUT2D eigenvalue weighted by molar-refractivity contribution is -0.119. The number of carbonyl (C=O) groups is 1. The first kappa shape index (κ1) is 18.5. The fourth-order valence-corrected chi connectivity index (χ4v) is 2.21. The molecule has 132 valence electrons. The third kappa shape index (κ3) is 6.67. The van der Waals surface area contributed by atoms with Crippen LogP contribution < -0.4 is 14.8 Å². The zero-order valence-corrected chi connectivity index (χ0v) is 14.9. The number of rotatable bonds is 8. The van der Waals surface area contributed by atoms with E-state index in [1.54, 1.807) is 6.20 Å². The molecule has 1 atom stereocenters. The molecule has 0 unspecified atom stereocenters. The second kappa shape index (κ2) is 9.47. The van der Waals surface area contributed by atoms with Gasteiger partial charge in [0.25, 0.3) is 0 Å². The van der Waals surface area contributed by atoms with Crippen molar-refractivity contribution in [2.45, 2.75) is 33.4 Å². The molecule has 5 nitrogen and oxygen atoms in total. The normalized spacial score (nSPS) is 12.0. The second-order valence-electron chi connectivity index (χ2n) is 5.64. The predicted octanol–water partition coefficient (Wildman–Crippen LogP) is 3.60. The second-order valence-corrected chi connectivity index (χ2v) is 5.64. The van der Waals surface area contributed by atoms with E-state index in [1.165, 1.54) is 6.92 Å². The molecule has 0 aliphatic carbocycles. The first-order valence-electron chi connectivity index (χ1n) is 8.32. The lowest BCUT2D eigenvalue weighted by Crippen LogP contribution is -2.28. The molecule has 0 saturated heterocycles. The summed E-state index contributed by atoms with van der Waals surface area (Å²) in [6.07, 6.45) is 5.58. The maximum atomic E-state index is 11.0. The molecular weight excluding hydrogens is 316 g/mol. The fourth-order valence-electron chi connectivity index (χ4n) is 2.21. The van der Waals surface area contributed by atoms with E-state index in [1.807, 2.05) is 62.4 Å². The van der Waals surface area contributed by atoms with Gasteiger partial charge in [-0.2, -0.15) is 0 Å². The third-order valence-electron chi connectivity index (χ3n) is 3.39. The molecule has 0 aliphatic heterocycles. The molecular formula is C20H24N2O3. The molecule has 0 bridgehead atoms. The Bertz CT molecular complexity index is 694. The van der Waals surface area contributed by atoms with Gasteiger partial charge in [-0.3, -0.25) is 4.79 Å². The topological polar surface area (TPSA) is 60.5 Å². The molecule has 0 fully saturated rings. The molecule has 0 radical (unpaired) electrons. The summed E-state index contributed by atoms with van der Waals surface area (Å²) in [5, 5.41) is 2.79. The summed E-state index contributed by atoms with van der Waals surface area (Å²) < 4.78 is 11.1. The highest BCUT2D eigenvalue weighted by Gasteiger charge is 2.00. The predicted molar refractivity (Wildman–Crippen MR) is 98.5 cm³/mol. The van der Waals surface area contributed by atoms with Crippen LogP contribution in [0.15, 0.2) is 48.7 Å². The van der Waals surface area contributed by atoms with E-state index in [4.69, 9.17) is 9.47 Å². The van der Waals surface area contributed by atoms with Crippen LogP contribution in [-0.2, 0) is 11.4 Å². The molecule has 0 spiro atoms. The number of nitrogens with one attached hydrogen (secondary N) is 1. The highest BCUT2D eigenvalue weighted by molar-refractivity contribution is 5.73. The number of aromatic nitrogens is 1. The smallest absolute Gasteiger partial charge is 0.217 e. The Morgan fingerprint density at radius 2 is 1.96 bits per heavy atom. The molecule has 0 aliphatic rings. The minimum Gasteiger partial charge on any atom is -0.494 e. The molecule has 25 heavy (non-hydrogen) atoms. The van der Waals surface area contributed by atoms with Crippen LogP contribution in [0.3, 0.4) is 0 Å². The highest BCUT2D eigenvalue weighted by Crippen LogP contribution is 2.15. The van der Waals surface area contributed by atoms with Crippen LogP contribution >= 0.6 is 0 Å². The SMILES string of the molecule is CCOc1ccc(COc2ccc(/C=C/[C@H](C)NC(C)=O)cn2)cc1. The van der Waals surface area contributed by atoms with E-state index in [9.17, 15) is 4.79 Å². The monoisotopic (exact) mass is 340 g/mol. The van der Waals surface area contributed by atoms with Crippen molar-refractivity contribution in [1.29, 1.82) is 0 Å². The van der Waals surface area contributed by atoms with Crippen molar-refractivity contribution in [3.8, 4) is 11.6 Å². The van der Waals surface area contributed by atoms with Crippen molar-refractivity contribution in [2.75, 3.05) is 6.61 Å². The van der Waals surface area contributed by atoms with Crippen molar-refractivity contribution in [3.63, 3.8) is 0 Å². The first-order valence-corrected chi connectivity index (χ1v) is 8.32. The number of benzene rings is 1. The van der Waals surface area contributed by atoms with Crippen LogP contribution in [0.2, 0.25) is 0 Å². The van der Waals surface area contributed by atoms with Gasteiger partial charge in [-0.25, -0.2) is 4.98 Å². The molecule has 0 saturated carbocycles. The van der Waals surface area contributed by atoms with E-state index >= 15 is 0 Å². The van der Waals surface area contributed by atoms with Crippen LogP contribution in [0.4, 0.5) is 0 Å². The zero-order chi connectivity index (χ0) is 18.1. The maximum absolute atomic E-state index is 11.0. The number of hydrogen-bond acceptors (Lipinski definition) is 4. The molecule has 1 aromatic carbocycles. The van der Waals surface area contributed by atoms with Crippen molar-refractivity contribution >= 4 is 12.0 Å². The van der Waals surface area contributed by atoms with Crippen LogP contribution in [-0.4, -0.2) is 23.5 Å². The molecule has 1 heterocycles. The number of ether oxygens (including phenoxy) is 2. The zero-order valence-electron chi connectivity index (χ0n) is 14.9. The molecule has 2 aromatic rings. The van der Waals surface area contributed by atoms with Crippen LogP contribution in [0.5, 0.6) is 11.6 Å². The van der Waals surface area contributed by atoms with Crippen molar-refractivity contribution < 1.29 is 14.3 Å². The minimum atomic E-state index is -0.0479. The summed E-state index contributed by atoms with van der Waals surface area (Å²) in [5.74, 6) is 1.38. The van der Waals surface area contributed by atoms with E-state index in [2.05, 4.69) is 10.3 Å². The van der Waals surface area contributed by atoms with Crippen LogP contribution in [0, 0.1) is 0 Å². The molecule has 2 rings (SSSR count). The van der Waals surface area contributed by atoms with E-state index in [0.29, 0.717) is 19.1 Å². The van der Waals surface area contributed by atoms with Gasteiger partial charge in [-0.05, 0) is 43.2 Å². The van der Waals surface area contributed by atoms with Gasteiger partial charge >= 0.3 is 0 Å². The fraction of sp³-hybridized carbons (Fsp3) is 0.300. The summed E-state index contributed by atoms with van der Waals surface area (Å²) in [5.41, 5.74) is 2.00. The van der Waals surface area contributed by atoms with E-state index < -0.39 is 0 Å². The summed E-state index contributed by atoms with van der Waals surface area (Å²) >= 11 is 0. The Hall–Kier alpha value is -2.82. The van der Waals surface area contributed by atoms with Gasteiger partial charge in [-0.15, -0.1) is 0 Å². The largest absolute Gasteiger partial charge is 0.494 e. The maximum Gasteiger partial charge on any atom is 0.217 e. The van der Waals surface area contributed by atoms with E-state index in [-0.39, 0.29) is 11.9 Å². The number of nitrogens with zero attached hydrogens (tertiary/aromatic N) is 1. The van der Waals surface area contributed by atoms with Gasteiger partial charge in [0.05, 0.1) is 6.61 Å². The van der Waals surface area contributed by atoms with Crippen molar-refractivity contribution in [1.82, 2.24) is 10.3 Å². The van der Waals surface area contributed by atoms with Crippen LogP contribution in [0.25, 0.3) is 6.08 Å². The quantitative estimate of drug-likeness (QED) is 0.798. The molecule has 1 aromatic heterocycles. The standard InChI is InChI=1S/C20H24N2O3/c1-4-24-19-10-7-18(8-11-19)14-25-20-12-9-17(13-21-20)6-5-15(2)22-16(3)23/h5-13,15H,4,14H2,1-3H3,(H,22,23)/b6-5+/t15-/m0/s1. The average molecular weight is 340 g/mol. The first-order chi connectivity index (χ1) is 12.1. The molecule has 5 heteroatoms. The van der Waals surface area contributed by atoms with Gasteiger partial charge in [0, 0.05) is 25.2 Å². The van der Waals surface area contributed by atoms with Gasteiger partial charge in [0.2, 0.25) is 11.8 Å². The van der Waals surface area contributed by atoms with Gasteiger partial charge < -0.3 is 14.8 Å². The Morgan fingerprint density at radius 3 is 2.56 bits per heavy atom. The van der Waals surface area contributed by atoms with Crippen LogP contribution in [0.1, 0.15) is 31.9 Å². The number of carbonyl (C=O) groups excluding carboxylic acids is 1. The Morgan fingerprint density at radius 1 is 1.20 bits per heavy atom. The summed E-state index contributed by atoms with van der Waals surface area (Å²) in [6, 6.07) is 11.6. The highest BCUT2D eigenvalue weighted by atomic mass is 16.5. The lowest BCUT2D eigenvalue weighted by Gasteiger charge is -2.08. The molecule has 1 N–H and O–H groups in total. The minimum absolute atomic E-state index is 0.0203. The Balaban J connectivity index is 1.85. The van der Waals surface area contributed by atoms with Gasteiger partial charge in [-0.1, -0.05) is 24.3 Å². The summed E-state index contributed by atoms with van der Waals surface area (Å²) in [6.45, 7) is 6.49. The van der Waals surface area contributed by atoms with Gasteiger partial charge in [0.1, 0.15) is 12.4 Å². The number of amides is 1. The third-order valence-corrected chi connectivity index (χ3v) is 3.39. The van der Waals surface area contributed by atoms with Gasteiger partial charge in [0.15, 0.2) is 0 Å².